The molecule has 0 radical (unpaired) electrons. The molecule has 5 nitrogen and oxygen atoms in total. The number of carbonyl (C=O) groups is 1. The van der Waals surface area contributed by atoms with E-state index in [0.29, 0.717) is 11.4 Å². The summed E-state index contributed by atoms with van der Waals surface area (Å²) in [6, 6.07) is 4.98. The SMILES string of the molecule is CC(C)n1cc(Br)cc1C(=O)Nc1ccc(=O)n(C)c1. The van der Waals surface area contributed by atoms with Crippen molar-refractivity contribution in [1.82, 2.24) is 9.13 Å². The molecule has 0 saturated carbocycles. The van der Waals surface area contributed by atoms with Gasteiger partial charge in [0.2, 0.25) is 5.56 Å². The highest BCUT2D eigenvalue weighted by atomic mass is 79.9. The number of nitrogens with one attached hydrogen (secondary N) is 1. The van der Waals surface area contributed by atoms with Gasteiger partial charge in [0.1, 0.15) is 5.69 Å². The Balaban J connectivity index is 2.28. The number of aryl methyl sites for hydroxylation is 1. The molecule has 0 spiro atoms. The quantitative estimate of drug-likeness (QED) is 0.936. The number of carbonyl (C=O) groups excluding carboxylic acids is 1. The van der Waals surface area contributed by atoms with E-state index in [4.69, 9.17) is 0 Å². The maximum atomic E-state index is 12.3. The van der Waals surface area contributed by atoms with Crippen LogP contribution < -0.4 is 10.9 Å². The standard InChI is InChI=1S/C14H16BrN3O2/c1-9(2)18-7-10(15)6-12(18)14(20)16-11-4-5-13(19)17(3)8-11/h4-9H,1-3H3,(H,16,20). The number of anilines is 1. The number of hydrogen-bond acceptors (Lipinski definition) is 2. The van der Waals surface area contributed by atoms with Crippen molar-refractivity contribution in [1.29, 1.82) is 0 Å². The van der Waals surface area contributed by atoms with Crippen molar-refractivity contribution in [2.75, 3.05) is 5.32 Å². The lowest BCUT2D eigenvalue weighted by Gasteiger charge is -2.13. The molecule has 0 saturated heterocycles. The van der Waals surface area contributed by atoms with Crippen LogP contribution in [-0.2, 0) is 7.05 Å². The van der Waals surface area contributed by atoms with Gasteiger partial charge in [0.15, 0.2) is 0 Å². The molecule has 6 heteroatoms. The molecule has 1 amide bonds. The first-order valence-electron chi connectivity index (χ1n) is 6.24. The van der Waals surface area contributed by atoms with Gasteiger partial charge in [-0.1, -0.05) is 0 Å². The Morgan fingerprint density at radius 2 is 2.00 bits per heavy atom. The fourth-order valence-electron chi connectivity index (χ4n) is 1.92. The number of aromatic nitrogens is 2. The summed E-state index contributed by atoms with van der Waals surface area (Å²) in [5, 5.41) is 2.79. The van der Waals surface area contributed by atoms with Crippen LogP contribution in [0.1, 0.15) is 30.4 Å². The monoisotopic (exact) mass is 337 g/mol. The Labute approximate surface area is 125 Å². The third-order valence-electron chi connectivity index (χ3n) is 2.95. The molecular formula is C14H16BrN3O2. The van der Waals surface area contributed by atoms with Crippen LogP contribution in [0.2, 0.25) is 0 Å². The van der Waals surface area contributed by atoms with E-state index in [9.17, 15) is 9.59 Å². The van der Waals surface area contributed by atoms with Crippen molar-refractivity contribution in [3.63, 3.8) is 0 Å². The van der Waals surface area contributed by atoms with Crippen molar-refractivity contribution in [2.45, 2.75) is 19.9 Å². The summed E-state index contributed by atoms with van der Waals surface area (Å²) in [4.78, 5) is 23.6. The highest BCUT2D eigenvalue weighted by molar-refractivity contribution is 9.10. The van der Waals surface area contributed by atoms with Gasteiger partial charge in [0.05, 0.1) is 5.69 Å². The zero-order chi connectivity index (χ0) is 14.9. The molecule has 0 aliphatic carbocycles. The number of rotatable bonds is 3. The smallest absolute Gasteiger partial charge is 0.272 e. The summed E-state index contributed by atoms with van der Waals surface area (Å²) in [6.45, 7) is 4.02. The van der Waals surface area contributed by atoms with Crippen molar-refractivity contribution >= 4 is 27.5 Å². The highest BCUT2D eigenvalue weighted by Crippen LogP contribution is 2.20. The molecule has 2 aromatic rings. The predicted octanol–water partition coefficient (Wildman–Crippen LogP) is 2.78. The summed E-state index contributed by atoms with van der Waals surface area (Å²) in [7, 11) is 1.64. The van der Waals surface area contributed by atoms with Crippen LogP contribution in [0.4, 0.5) is 5.69 Å². The summed E-state index contributed by atoms with van der Waals surface area (Å²) in [5.74, 6) is -0.206. The number of pyridine rings is 1. The normalized spacial score (nSPS) is 10.8. The highest BCUT2D eigenvalue weighted by Gasteiger charge is 2.15. The lowest BCUT2D eigenvalue weighted by atomic mass is 10.3. The molecule has 1 N–H and O–H groups in total. The lowest BCUT2D eigenvalue weighted by Crippen LogP contribution is -2.20. The molecule has 2 rings (SSSR count). The average molecular weight is 338 g/mol. The van der Waals surface area contributed by atoms with E-state index in [-0.39, 0.29) is 17.5 Å². The van der Waals surface area contributed by atoms with Crippen molar-refractivity contribution < 1.29 is 4.79 Å². The van der Waals surface area contributed by atoms with E-state index in [1.165, 1.54) is 10.6 Å². The Bertz CT molecular complexity index is 701. The van der Waals surface area contributed by atoms with E-state index in [1.54, 1.807) is 25.4 Å². The predicted molar refractivity (Wildman–Crippen MR) is 82.2 cm³/mol. The summed E-state index contributed by atoms with van der Waals surface area (Å²) in [6.07, 6.45) is 3.47. The Morgan fingerprint density at radius 3 is 2.60 bits per heavy atom. The van der Waals surface area contributed by atoms with Crippen LogP contribution in [0.5, 0.6) is 0 Å². The third-order valence-corrected chi connectivity index (χ3v) is 3.38. The first-order chi connectivity index (χ1) is 9.38. The van der Waals surface area contributed by atoms with Crippen molar-refractivity contribution in [3.05, 3.63) is 51.1 Å². The fraction of sp³-hybridized carbons (Fsp3) is 0.286. The minimum atomic E-state index is -0.206. The summed E-state index contributed by atoms with van der Waals surface area (Å²) >= 11 is 3.38. The molecule has 2 heterocycles. The van der Waals surface area contributed by atoms with Crippen LogP contribution in [0.3, 0.4) is 0 Å². The van der Waals surface area contributed by atoms with Crippen molar-refractivity contribution in [3.8, 4) is 0 Å². The third kappa shape index (κ3) is 3.01. The van der Waals surface area contributed by atoms with E-state index >= 15 is 0 Å². The molecule has 0 aliphatic heterocycles. The zero-order valence-corrected chi connectivity index (χ0v) is 13.1. The first-order valence-corrected chi connectivity index (χ1v) is 7.03. The number of nitrogens with zero attached hydrogens (tertiary/aromatic N) is 2. The van der Waals surface area contributed by atoms with E-state index < -0.39 is 0 Å². The van der Waals surface area contributed by atoms with Gasteiger partial charge in [0.25, 0.3) is 5.91 Å². The summed E-state index contributed by atoms with van der Waals surface area (Å²) in [5.41, 5.74) is 1.04. The molecule has 0 aromatic carbocycles. The van der Waals surface area contributed by atoms with Gasteiger partial charge in [-0.3, -0.25) is 9.59 Å². The Kier molecular flexibility index (Phi) is 4.13. The van der Waals surface area contributed by atoms with Crippen LogP contribution in [-0.4, -0.2) is 15.0 Å². The van der Waals surface area contributed by atoms with Crippen molar-refractivity contribution in [2.24, 2.45) is 7.05 Å². The van der Waals surface area contributed by atoms with E-state index in [0.717, 1.165) is 4.47 Å². The number of hydrogen-bond donors (Lipinski definition) is 1. The molecule has 20 heavy (non-hydrogen) atoms. The van der Waals surface area contributed by atoms with Gasteiger partial charge in [-0.15, -0.1) is 0 Å². The van der Waals surface area contributed by atoms with Gasteiger partial charge in [-0.2, -0.15) is 0 Å². The molecule has 0 fully saturated rings. The zero-order valence-electron chi connectivity index (χ0n) is 11.6. The topological polar surface area (TPSA) is 56.0 Å². The second-order valence-electron chi connectivity index (χ2n) is 4.87. The van der Waals surface area contributed by atoms with E-state index in [2.05, 4.69) is 21.2 Å². The van der Waals surface area contributed by atoms with Gasteiger partial charge in [-0.25, -0.2) is 0 Å². The fourth-order valence-corrected chi connectivity index (χ4v) is 2.36. The lowest BCUT2D eigenvalue weighted by molar-refractivity contribution is 0.101. The molecule has 0 aliphatic rings. The van der Waals surface area contributed by atoms with Gasteiger partial charge >= 0.3 is 0 Å². The van der Waals surface area contributed by atoms with Gasteiger partial charge < -0.3 is 14.5 Å². The van der Waals surface area contributed by atoms with E-state index in [1.807, 2.05) is 24.6 Å². The molecule has 106 valence electrons. The van der Waals surface area contributed by atoms with Gasteiger partial charge in [0, 0.05) is 36.0 Å². The first kappa shape index (κ1) is 14.6. The minimum Gasteiger partial charge on any atom is -0.340 e. The Hall–Kier alpha value is -1.82. The minimum absolute atomic E-state index is 0.115. The van der Waals surface area contributed by atoms with Gasteiger partial charge in [-0.05, 0) is 41.9 Å². The molecule has 0 unspecified atom stereocenters. The Morgan fingerprint density at radius 1 is 1.30 bits per heavy atom. The van der Waals surface area contributed by atoms with Crippen LogP contribution in [0.25, 0.3) is 0 Å². The average Bonchev–Trinajstić information content (AvgIpc) is 2.76. The second kappa shape index (κ2) is 5.66. The largest absolute Gasteiger partial charge is 0.340 e. The molecule has 2 aromatic heterocycles. The molecule has 0 atom stereocenters. The second-order valence-corrected chi connectivity index (χ2v) is 5.78. The van der Waals surface area contributed by atoms with Crippen LogP contribution >= 0.6 is 15.9 Å². The number of amides is 1. The summed E-state index contributed by atoms with van der Waals surface area (Å²) < 4.78 is 4.17. The molecular weight excluding hydrogens is 322 g/mol. The number of halogens is 1. The maximum absolute atomic E-state index is 12.3. The van der Waals surface area contributed by atoms with Crippen LogP contribution in [0, 0.1) is 0 Å². The molecule has 0 bridgehead atoms. The maximum Gasteiger partial charge on any atom is 0.272 e. The van der Waals surface area contributed by atoms with Crippen LogP contribution in [0.15, 0.2) is 39.9 Å².